The Morgan fingerprint density at radius 3 is 2.56 bits per heavy atom. The maximum atomic E-state index is 12.3. The molecule has 0 fully saturated rings. The second kappa shape index (κ2) is 8.33. The van der Waals surface area contributed by atoms with Gasteiger partial charge in [-0.3, -0.25) is 4.79 Å². The first-order valence-corrected chi connectivity index (χ1v) is 8.89. The minimum Gasteiger partial charge on any atom is -0.497 e. The second-order valence-corrected chi connectivity index (χ2v) is 6.85. The summed E-state index contributed by atoms with van der Waals surface area (Å²) in [5, 5.41) is 2.75. The predicted octanol–water partition coefficient (Wildman–Crippen LogP) is 1.54. The van der Waals surface area contributed by atoms with Crippen molar-refractivity contribution >= 4 is 15.9 Å². The van der Waals surface area contributed by atoms with Crippen molar-refractivity contribution in [2.24, 2.45) is 0 Å². The molecule has 25 heavy (non-hydrogen) atoms. The SMILES string of the molecule is C#CCNS(=O)(=O)c1cccc(C(=O)NCc2ccc(OC)cc2)c1. The summed E-state index contributed by atoms with van der Waals surface area (Å²) < 4.78 is 31.4. The number of benzene rings is 2. The molecule has 0 aromatic heterocycles. The predicted molar refractivity (Wildman–Crippen MR) is 94.6 cm³/mol. The molecule has 6 nitrogen and oxygen atoms in total. The molecular formula is C18H18N2O4S. The van der Waals surface area contributed by atoms with Crippen LogP contribution in [-0.4, -0.2) is 28.0 Å². The van der Waals surface area contributed by atoms with Crippen molar-refractivity contribution in [2.75, 3.05) is 13.7 Å². The lowest BCUT2D eigenvalue weighted by Crippen LogP contribution is -2.25. The maximum absolute atomic E-state index is 12.3. The van der Waals surface area contributed by atoms with E-state index in [1.165, 1.54) is 18.2 Å². The van der Waals surface area contributed by atoms with Gasteiger partial charge in [-0.15, -0.1) is 6.42 Å². The Morgan fingerprint density at radius 1 is 1.20 bits per heavy atom. The highest BCUT2D eigenvalue weighted by atomic mass is 32.2. The van der Waals surface area contributed by atoms with Crippen LogP contribution >= 0.6 is 0 Å². The van der Waals surface area contributed by atoms with Gasteiger partial charge in [-0.25, -0.2) is 8.42 Å². The average molecular weight is 358 g/mol. The lowest BCUT2D eigenvalue weighted by atomic mass is 10.2. The molecule has 0 saturated heterocycles. The number of ether oxygens (including phenoxy) is 1. The zero-order valence-corrected chi connectivity index (χ0v) is 14.5. The fraction of sp³-hybridized carbons (Fsp3) is 0.167. The lowest BCUT2D eigenvalue weighted by Gasteiger charge is -2.08. The van der Waals surface area contributed by atoms with Gasteiger partial charge in [-0.1, -0.05) is 24.1 Å². The molecule has 7 heteroatoms. The van der Waals surface area contributed by atoms with Gasteiger partial charge in [0.25, 0.3) is 5.91 Å². The molecule has 2 N–H and O–H groups in total. The Bertz CT molecular complexity index is 884. The van der Waals surface area contributed by atoms with Crippen LogP contribution in [0.1, 0.15) is 15.9 Å². The van der Waals surface area contributed by atoms with Gasteiger partial charge >= 0.3 is 0 Å². The number of hydrogen-bond acceptors (Lipinski definition) is 4. The van der Waals surface area contributed by atoms with E-state index in [1.807, 2.05) is 12.1 Å². The van der Waals surface area contributed by atoms with E-state index in [0.717, 1.165) is 11.3 Å². The van der Waals surface area contributed by atoms with Crippen molar-refractivity contribution in [2.45, 2.75) is 11.4 Å². The summed E-state index contributed by atoms with van der Waals surface area (Å²) in [6, 6.07) is 13.0. The molecule has 0 saturated carbocycles. The third-order valence-electron chi connectivity index (χ3n) is 3.38. The van der Waals surface area contributed by atoms with Crippen molar-refractivity contribution in [3.05, 3.63) is 59.7 Å². The van der Waals surface area contributed by atoms with Crippen LogP contribution in [0.25, 0.3) is 0 Å². The standard InChI is InChI=1S/C18H18N2O4S/c1-3-11-20-25(22,23)17-6-4-5-15(12-17)18(21)19-13-14-7-9-16(24-2)10-8-14/h1,4-10,12,20H,11,13H2,2H3,(H,19,21). The third kappa shape index (κ3) is 5.08. The zero-order valence-electron chi connectivity index (χ0n) is 13.7. The fourth-order valence-corrected chi connectivity index (χ4v) is 3.03. The summed E-state index contributed by atoms with van der Waals surface area (Å²) in [7, 11) is -2.16. The summed E-state index contributed by atoms with van der Waals surface area (Å²) in [4.78, 5) is 12.2. The molecule has 0 aliphatic heterocycles. The second-order valence-electron chi connectivity index (χ2n) is 5.09. The van der Waals surface area contributed by atoms with Gasteiger partial charge in [-0.05, 0) is 35.9 Å². The summed E-state index contributed by atoms with van der Waals surface area (Å²) in [6.45, 7) is 0.200. The number of nitrogens with one attached hydrogen (secondary N) is 2. The highest BCUT2D eigenvalue weighted by Gasteiger charge is 2.15. The number of methoxy groups -OCH3 is 1. The molecule has 2 aromatic rings. The van der Waals surface area contributed by atoms with Crippen LogP contribution in [0.15, 0.2) is 53.4 Å². The third-order valence-corrected chi connectivity index (χ3v) is 4.78. The van der Waals surface area contributed by atoms with Crippen LogP contribution in [0.4, 0.5) is 0 Å². The number of carbonyl (C=O) groups excluding carboxylic acids is 1. The number of carbonyl (C=O) groups is 1. The van der Waals surface area contributed by atoms with Crippen molar-refractivity contribution in [3.63, 3.8) is 0 Å². The summed E-state index contributed by atoms with van der Waals surface area (Å²) in [5.74, 6) is 2.56. The maximum Gasteiger partial charge on any atom is 0.251 e. The Balaban J connectivity index is 2.06. The smallest absolute Gasteiger partial charge is 0.251 e. The molecule has 0 aliphatic rings. The summed E-state index contributed by atoms with van der Waals surface area (Å²) >= 11 is 0. The van der Waals surface area contributed by atoms with Crippen LogP contribution in [0, 0.1) is 12.3 Å². The van der Waals surface area contributed by atoms with E-state index < -0.39 is 10.0 Å². The summed E-state index contributed by atoms with van der Waals surface area (Å²) in [5.41, 5.74) is 1.14. The number of rotatable bonds is 7. The largest absolute Gasteiger partial charge is 0.497 e. The molecule has 2 rings (SSSR count). The highest BCUT2D eigenvalue weighted by Crippen LogP contribution is 2.13. The first-order chi connectivity index (χ1) is 12.0. The van der Waals surface area contributed by atoms with E-state index in [2.05, 4.69) is 16.0 Å². The minimum atomic E-state index is -3.74. The van der Waals surface area contributed by atoms with E-state index in [0.29, 0.717) is 6.54 Å². The van der Waals surface area contributed by atoms with E-state index >= 15 is 0 Å². The number of terminal acetylenes is 1. The number of hydrogen-bond donors (Lipinski definition) is 2. The molecule has 0 unspecified atom stereocenters. The molecule has 0 atom stereocenters. The zero-order chi connectivity index (χ0) is 18.3. The molecule has 2 aromatic carbocycles. The van der Waals surface area contributed by atoms with Crippen molar-refractivity contribution in [1.29, 1.82) is 0 Å². The molecule has 130 valence electrons. The first kappa shape index (κ1) is 18.5. The van der Waals surface area contributed by atoms with Crippen molar-refractivity contribution in [1.82, 2.24) is 10.0 Å². The monoisotopic (exact) mass is 358 g/mol. The molecule has 0 bridgehead atoms. The molecule has 0 spiro atoms. The van der Waals surface area contributed by atoms with E-state index in [-0.39, 0.29) is 22.9 Å². The van der Waals surface area contributed by atoms with Crippen molar-refractivity contribution in [3.8, 4) is 18.1 Å². The van der Waals surface area contributed by atoms with Gasteiger partial charge in [0.05, 0.1) is 18.6 Å². The van der Waals surface area contributed by atoms with E-state index in [4.69, 9.17) is 11.2 Å². The van der Waals surface area contributed by atoms with Gasteiger partial charge in [0.2, 0.25) is 10.0 Å². The minimum absolute atomic E-state index is 0.0140. The van der Waals surface area contributed by atoms with Gasteiger partial charge in [0.15, 0.2) is 0 Å². The Kier molecular flexibility index (Phi) is 6.17. The number of amides is 1. The normalized spacial score (nSPS) is 10.7. The van der Waals surface area contributed by atoms with Gasteiger partial charge < -0.3 is 10.1 Å². The molecule has 0 radical (unpaired) electrons. The van der Waals surface area contributed by atoms with E-state index in [9.17, 15) is 13.2 Å². The fourth-order valence-electron chi connectivity index (χ4n) is 2.05. The quantitative estimate of drug-likeness (QED) is 0.736. The lowest BCUT2D eigenvalue weighted by molar-refractivity contribution is 0.0950. The van der Waals surface area contributed by atoms with Crippen LogP contribution in [0.2, 0.25) is 0 Å². The Labute approximate surface area is 147 Å². The summed E-state index contributed by atoms with van der Waals surface area (Å²) in [6.07, 6.45) is 5.06. The van der Waals surface area contributed by atoms with Crippen LogP contribution in [0.5, 0.6) is 5.75 Å². The van der Waals surface area contributed by atoms with Crippen molar-refractivity contribution < 1.29 is 17.9 Å². The topological polar surface area (TPSA) is 84.5 Å². The van der Waals surface area contributed by atoms with Crippen LogP contribution in [-0.2, 0) is 16.6 Å². The van der Waals surface area contributed by atoms with Crippen LogP contribution < -0.4 is 14.8 Å². The van der Waals surface area contributed by atoms with E-state index in [1.54, 1.807) is 25.3 Å². The molecule has 1 amide bonds. The van der Waals surface area contributed by atoms with Gasteiger partial charge in [0.1, 0.15) is 5.75 Å². The molecular weight excluding hydrogens is 340 g/mol. The molecule has 0 heterocycles. The highest BCUT2D eigenvalue weighted by molar-refractivity contribution is 7.89. The first-order valence-electron chi connectivity index (χ1n) is 7.40. The van der Waals surface area contributed by atoms with Crippen LogP contribution in [0.3, 0.4) is 0 Å². The van der Waals surface area contributed by atoms with Gasteiger partial charge in [-0.2, -0.15) is 4.72 Å². The Hall–Kier alpha value is -2.82. The Morgan fingerprint density at radius 2 is 1.92 bits per heavy atom. The number of sulfonamides is 1. The van der Waals surface area contributed by atoms with Gasteiger partial charge in [0, 0.05) is 12.1 Å². The molecule has 0 aliphatic carbocycles. The average Bonchev–Trinajstić information content (AvgIpc) is 2.65.